The summed E-state index contributed by atoms with van der Waals surface area (Å²) >= 11 is 0. The Morgan fingerprint density at radius 2 is 1.67 bits per heavy atom. The van der Waals surface area contributed by atoms with Crippen molar-refractivity contribution in [3.63, 3.8) is 0 Å². The van der Waals surface area contributed by atoms with Crippen molar-refractivity contribution >= 4 is 121 Å². The van der Waals surface area contributed by atoms with Gasteiger partial charge in [0.2, 0.25) is 0 Å². The van der Waals surface area contributed by atoms with Crippen LogP contribution in [0.2, 0.25) is 0 Å². The Morgan fingerprint density at radius 1 is 1.20 bits per heavy atom. The standard InChI is InChI=1S/C8H9NO4.2K.2H/c10-6-3-4-7(11)9(6)5-1-2-8(12)13;;;;/h3-4H,1-2,5H2,(H,12,13);;;;. The van der Waals surface area contributed by atoms with Gasteiger partial charge in [0.25, 0.3) is 11.8 Å². The predicted molar refractivity (Wildman–Crippen MR) is 57.0 cm³/mol. The molecular weight excluding hydrogens is 252 g/mol. The van der Waals surface area contributed by atoms with E-state index in [1.54, 1.807) is 0 Å². The second-order valence-corrected chi connectivity index (χ2v) is 2.66. The average Bonchev–Trinajstić information content (AvgIpc) is 2.34. The van der Waals surface area contributed by atoms with Gasteiger partial charge in [-0.1, -0.05) is 0 Å². The molecule has 1 aliphatic rings. The molecule has 5 nitrogen and oxygen atoms in total. The molecule has 74 valence electrons. The van der Waals surface area contributed by atoms with Gasteiger partial charge < -0.3 is 5.11 Å². The van der Waals surface area contributed by atoms with Gasteiger partial charge in [0.1, 0.15) is 0 Å². The van der Waals surface area contributed by atoms with Gasteiger partial charge in [0, 0.05) is 25.1 Å². The molecule has 1 N–H and O–H groups in total. The van der Waals surface area contributed by atoms with Crippen LogP contribution in [-0.2, 0) is 14.4 Å². The van der Waals surface area contributed by atoms with E-state index >= 15 is 0 Å². The van der Waals surface area contributed by atoms with Crippen LogP contribution in [0.5, 0.6) is 0 Å². The molecule has 0 aromatic heterocycles. The second kappa shape index (κ2) is 9.63. The minimum absolute atomic E-state index is 0. The van der Waals surface area contributed by atoms with Crippen LogP contribution < -0.4 is 0 Å². The zero-order valence-electron chi connectivity index (χ0n) is 6.90. The molecule has 0 aliphatic carbocycles. The number of imide groups is 1. The summed E-state index contributed by atoms with van der Waals surface area (Å²) in [7, 11) is 0. The molecule has 0 radical (unpaired) electrons. The van der Waals surface area contributed by atoms with E-state index in [0.29, 0.717) is 6.42 Å². The molecule has 2 amide bonds. The molecule has 15 heavy (non-hydrogen) atoms. The topological polar surface area (TPSA) is 74.7 Å². The Balaban J connectivity index is 0. The fourth-order valence-electron chi connectivity index (χ4n) is 1.04. The van der Waals surface area contributed by atoms with Crippen LogP contribution in [0.3, 0.4) is 0 Å². The fraction of sp³-hybridized carbons (Fsp3) is 0.375. The Morgan fingerprint density at radius 3 is 2.07 bits per heavy atom. The number of carbonyl (C=O) groups excluding carboxylic acids is 2. The zero-order chi connectivity index (χ0) is 9.84. The summed E-state index contributed by atoms with van der Waals surface area (Å²) in [6.45, 7) is 0.178. The van der Waals surface area contributed by atoms with Crippen LogP contribution in [0, 0.1) is 0 Å². The summed E-state index contributed by atoms with van der Waals surface area (Å²) < 4.78 is 0. The van der Waals surface area contributed by atoms with Crippen LogP contribution >= 0.6 is 0 Å². The molecule has 0 spiro atoms. The molecule has 7 heteroatoms. The normalized spacial score (nSPS) is 13.5. The molecule has 1 aliphatic heterocycles. The van der Waals surface area contributed by atoms with Crippen molar-refractivity contribution in [2.24, 2.45) is 0 Å². The fourth-order valence-corrected chi connectivity index (χ4v) is 1.04. The van der Waals surface area contributed by atoms with E-state index in [1.165, 1.54) is 12.2 Å². The van der Waals surface area contributed by atoms with Crippen molar-refractivity contribution in [2.45, 2.75) is 12.8 Å². The first-order valence-corrected chi connectivity index (χ1v) is 3.86. The minimum atomic E-state index is -0.924. The van der Waals surface area contributed by atoms with E-state index < -0.39 is 5.97 Å². The summed E-state index contributed by atoms with van der Waals surface area (Å²) in [5.74, 6) is -1.65. The van der Waals surface area contributed by atoms with E-state index in [1.807, 2.05) is 0 Å². The molecule has 0 aromatic carbocycles. The van der Waals surface area contributed by atoms with Crippen molar-refractivity contribution in [2.75, 3.05) is 6.54 Å². The first kappa shape index (κ1) is 19.0. The van der Waals surface area contributed by atoms with Gasteiger partial charge >= 0.3 is 109 Å². The number of amides is 2. The van der Waals surface area contributed by atoms with Gasteiger partial charge in [-0.15, -0.1) is 0 Å². The molecule has 0 saturated heterocycles. The Hall–Kier alpha value is 1.62. The van der Waals surface area contributed by atoms with E-state index in [2.05, 4.69) is 0 Å². The number of carbonyl (C=O) groups is 3. The number of nitrogens with zero attached hydrogens (tertiary/aromatic N) is 1. The molecule has 0 unspecified atom stereocenters. The van der Waals surface area contributed by atoms with Gasteiger partial charge in [-0.05, 0) is 6.42 Å². The molecule has 1 rings (SSSR count). The first-order chi connectivity index (χ1) is 6.11. The molecule has 0 aromatic rings. The van der Waals surface area contributed by atoms with Crippen molar-refractivity contribution in [3.8, 4) is 0 Å². The molecular formula is C8H11K2NO4. The summed E-state index contributed by atoms with van der Waals surface area (Å²) in [6, 6.07) is 0. The third kappa shape index (κ3) is 6.82. The van der Waals surface area contributed by atoms with E-state index in [-0.39, 0.29) is 128 Å². The van der Waals surface area contributed by atoms with Crippen molar-refractivity contribution in [1.82, 2.24) is 4.90 Å². The summed E-state index contributed by atoms with van der Waals surface area (Å²) in [5.41, 5.74) is 0. The molecule has 1 heterocycles. The van der Waals surface area contributed by atoms with Crippen LogP contribution in [0.25, 0.3) is 0 Å². The van der Waals surface area contributed by atoms with E-state index in [4.69, 9.17) is 5.11 Å². The summed E-state index contributed by atoms with van der Waals surface area (Å²) in [6.07, 6.45) is 2.64. The maximum atomic E-state index is 10.9. The van der Waals surface area contributed by atoms with E-state index in [9.17, 15) is 14.4 Å². The van der Waals surface area contributed by atoms with Crippen molar-refractivity contribution in [1.29, 1.82) is 0 Å². The third-order valence-electron chi connectivity index (χ3n) is 1.67. The average molecular weight is 263 g/mol. The van der Waals surface area contributed by atoms with Gasteiger partial charge in [-0.3, -0.25) is 19.3 Å². The summed E-state index contributed by atoms with van der Waals surface area (Å²) in [4.78, 5) is 33.0. The monoisotopic (exact) mass is 263 g/mol. The zero-order valence-corrected chi connectivity index (χ0v) is 6.90. The first-order valence-electron chi connectivity index (χ1n) is 3.86. The maximum absolute atomic E-state index is 10.9. The molecule has 0 fully saturated rings. The van der Waals surface area contributed by atoms with Gasteiger partial charge in [-0.2, -0.15) is 0 Å². The summed E-state index contributed by atoms with van der Waals surface area (Å²) in [5, 5.41) is 8.32. The number of hydrogen-bond acceptors (Lipinski definition) is 3. The number of aliphatic carboxylic acids is 1. The van der Waals surface area contributed by atoms with Crippen LogP contribution in [0.4, 0.5) is 0 Å². The SMILES string of the molecule is O=C(O)CCCN1C(=O)C=CC1=O.[KH].[KH]. The Labute approximate surface area is 172 Å². The molecule has 0 saturated carbocycles. The number of rotatable bonds is 4. The number of carboxylic acids is 1. The second-order valence-electron chi connectivity index (χ2n) is 2.66. The van der Waals surface area contributed by atoms with Crippen LogP contribution in [0.15, 0.2) is 12.2 Å². The van der Waals surface area contributed by atoms with Crippen molar-refractivity contribution in [3.05, 3.63) is 12.2 Å². The quantitative estimate of drug-likeness (QED) is 0.494. The molecule has 0 atom stereocenters. The number of carboxylic acid groups (broad SMARTS) is 1. The van der Waals surface area contributed by atoms with E-state index in [0.717, 1.165) is 4.90 Å². The number of hydrogen-bond donors (Lipinski definition) is 1. The van der Waals surface area contributed by atoms with Gasteiger partial charge in [0.05, 0.1) is 0 Å². The Bertz CT molecular complexity index is 272. The van der Waals surface area contributed by atoms with Crippen molar-refractivity contribution < 1.29 is 19.5 Å². The van der Waals surface area contributed by atoms with Gasteiger partial charge in [0.15, 0.2) is 0 Å². The van der Waals surface area contributed by atoms with Crippen LogP contribution in [-0.4, -0.2) is 137 Å². The Kier molecular flexibility index (Phi) is 12.2. The van der Waals surface area contributed by atoms with Gasteiger partial charge in [-0.25, -0.2) is 0 Å². The predicted octanol–water partition coefficient (Wildman–Crippen LogP) is -1.52. The third-order valence-corrected chi connectivity index (χ3v) is 1.67. The molecule has 0 bridgehead atoms. The van der Waals surface area contributed by atoms with Crippen LogP contribution in [0.1, 0.15) is 12.8 Å².